The van der Waals surface area contributed by atoms with Crippen molar-refractivity contribution in [3.8, 4) is 0 Å². The Hall–Kier alpha value is -0.780. The molecule has 7 heteroatoms. The minimum atomic E-state index is -3.93. The summed E-state index contributed by atoms with van der Waals surface area (Å²) in [6, 6.07) is 2.49. The maximum absolute atomic E-state index is 12.1. The smallest absolute Gasteiger partial charge is 0.261 e. The van der Waals surface area contributed by atoms with E-state index >= 15 is 0 Å². The fourth-order valence-electron chi connectivity index (χ4n) is 1.54. The van der Waals surface area contributed by atoms with Crippen LogP contribution < -0.4 is 5.32 Å². The molecule has 1 aromatic carbocycles. The molecule has 0 aliphatic heterocycles. The Kier molecular flexibility index (Phi) is 5.86. The van der Waals surface area contributed by atoms with Gasteiger partial charge in [0, 0.05) is 27.8 Å². The molecule has 1 rings (SSSR count). The lowest BCUT2D eigenvalue weighted by Crippen LogP contribution is -2.28. The van der Waals surface area contributed by atoms with Gasteiger partial charge in [0.1, 0.15) is 0 Å². The van der Waals surface area contributed by atoms with E-state index in [1.165, 1.54) is 12.1 Å². The second kappa shape index (κ2) is 6.78. The van der Waals surface area contributed by atoms with Crippen molar-refractivity contribution in [2.24, 2.45) is 5.92 Å². The van der Waals surface area contributed by atoms with Gasteiger partial charge in [-0.3, -0.25) is 4.79 Å². The molecular formula is C13H17Cl2NO3S. The second-order valence-electron chi connectivity index (χ2n) is 4.74. The van der Waals surface area contributed by atoms with Crippen LogP contribution in [0, 0.1) is 12.8 Å². The number of hydrogen-bond acceptors (Lipinski definition) is 3. The molecule has 0 heterocycles. The number of amides is 1. The van der Waals surface area contributed by atoms with Gasteiger partial charge < -0.3 is 5.32 Å². The van der Waals surface area contributed by atoms with Crippen molar-refractivity contribution >= 4 is 37.2 Å². The van der Waals surface area contributed by atoms with E-state index in [9.17, 15) is 13.2 Å². The average Bonchev–Trinajstić information content (AvgIpc) is 2.37. The summed E-state index contributed by atoms with van der Waals surface area (Å²) in [5.41, 5.74) is 0.748. The normalized spacial score (nSPS) is 13.1. The van der Waals surface area contributed by atoms with E-state index in [1.807, 2.05) is 13.8 Å². The van der Waals surface area contributed by atoms with Crippen molar-refractivity contribution in [2.45, 2.75) is 32.1 Å². The van der Waals surface area contributed by atoms with Crippen molar-refractivity contribution in [3.05, 3.63) is 28.3 Å². The molecule has 20 heavy (non-hydrogen) atoms. The first kappa shape index (κ1) is 17.3. The fourth-order valence-corrected chi connectivity index (χ4v) is 2.61. The summed E-state index contributed by atoms with van der Waals surface area (Å²) >= 11 is 5.96. The van der Waals surface area contributed by atoms with E-state index in [-0.39, 0.29) is 21.4 Å². The van der Waals surface area contributed by atoms with Gasteiger partial charge in [0.2, 0.25) is 0 Å². The van der Waals surface area contributed by atoms with Gasteiger partial charge in [-0.25, -0.2) is 8.42 Å². The van der Waals surface area contributed by atoms with Gasteiger partial charge in [0.05, 0.1) is 4.90 Å². The van der Waals surface area contributed by atoms with Crippen molar-refractivity contribution in [3.63, 3.8) is 0 Å². The Balaban J connectivity index is 3.11. The molecule has 0 bridgehead atoms. The van der Waals surface area contributed by atoms with Crippen LogP contribution in [0.4, 0.5) is 0 Å². The maximum Gasteiger partial charge on any atom is 0.261 e. The lowest BCUT2D eigenvalue weighted by atomic mass is 10.1. The number of carbonyl (C=O) groups is 1. The number of halogens is 2. The van der Waals surface area contributed by atoms with E-state index in [1.54, 1.807) is 6.92 Å². The number of benzene rings is 1. The first-order valence-electron chi connectivity index (χ1n) is 6.19. The summed E-state index contributed by atoms with van der Waals surface area (Å²) in [6.45, 7) is 6.22. The Labute approximate surface area is 128 Å². The monoisotopic (exact) mass is 337 g/mol. The Morgan fingerprint density at radius 2 is 2.00 bits per heavy atom. The summed E-state index contributed by atoms with van der Waals surface area (Å²) in [5.74, 6) is -0.0125. The lowest BCUT2D eigenvalue weighted by molar-refractivity contribution is 0.0947. The van der Waals surface area contributed by atoms with Crippen molar-refractivity contribution in [1.29, 1.82) is 0 Å². The number of nitrogens with one attached hydrogen (secondary N) is 1. The van der Waals surface area contributed by atoms with Gasteiger partial charge in [0.15, 0.2) is 0 Å². The summed E-state index contributed by atoms with van der Waals surface area (Å²) in [6.07, 6.45) is 0.941. The summed E-state index contributed by atoms with van der Waals surface area (Å²) < 4.78 is 22.7. The van der Waals surface area contributed by atoms with E-state index < -0.39 is 9.05 Å². The molecule has 1 aromatic rings. The molecule has 1 amide bonds. The molecule has 0 fully saturated rings. The lowest BCUT2D eigenvalue weighted by Gasteiger charge is -2.13. The average molecular weight is 338 g/mol. The quantitative estimate of drug-likeness (QED) is 0.838. The number of carbonyl (C=O) groups excluding carboxylic acids is 1. The molecule has 0 aliphatic carbocycles. The standard InChI is InChI=1S/C13H17Cl2NO3S/c1-4-8(2)7-16-13(17)11-5-10(20(15,18)19)6-12(14)9(11)3/h5-6,8H,4,7H2,1-3H3,(H,16,17). The molecule has 1 N–H and O–H groups in total. The zero-order valence-corrected chi connectivity index (χ0v) is 13.9. The van der Waals surface area contributed by atoms with Crippen LogP contribution in [-0.4, -0.2) is 20.9 Å². The number of hydrogen-bond donors (Lipinski definition) is 1. The second-order valence-corrected chi connectivity index (χ2v) is 7.71. The molecule has 0 aromatic heterocycles. The SMILES string of the molecule is CCC(C)CNC(=O)c1cc(S(=O)(=O)Cl)cc(Cl)c1C. The van der Waals surface area contributed by atoms with E-state index in [2.05, 4.69) is 5.32 Å². The molecular weight excluding hydrogens is 321 g/mol. The predicted octanol–water partition coefficient (Wildman–Crippen LogP) is 3.35. The highest BCUT2D eigenvalue weighted by molar-refractivity contribution is 8.13. The molecule has 0 saturated heterocycles. The van der Waals surface area contributed by atoms with Crippen molar-refractivity contribution in [1.82, 2.24) is 5.32 Å². The van der Waals surface area contributed by atoms with Crippen LogP contribution >= 0.6 is 22.3 Å². The molecule has 0 spiro atoms. The third-order valence-electron chi connectivity index (χ3n) is 3.15. The van der Waals surface area contributed by atoms with Crippen LogP contribution in [0.3, 0.4) is 0 Å². The van der Waals surface area contributed by atoms with Gasteiger partial charge in [-0.05, 0) is 30.5 Å². The Morgan fingerprint density at radius 1 is 1.40 bits per heavy atom. The van der Waals surface area contributed by atoms with Gasteiger partial charge in [0.25, 0.3) is 15.0 Å². The minimum absolute atomic E-state index is 0.177. The van der Waals surface area contributed by atoms with E-state index in [0.29, 0.717) is 18.0 Å². The minimum Gasteiger partial charge on any atom is -0.352 e. The van der Waals surface area contributed by atoms with Crippen LogP contribution in [0.2, 0.25) is 5.02 Å². The molecule has 1 atom stereocenters. The summed E-state index contributed by atoms with van der Waals surface area (Å²) in [7, 11) is 1.37. The highest BCUT2D eigenvalue weighted by atomic mass is 35.7. The van der Waals surface area contributed by atoms with Crippen molar-refractivity contribution in [2.75, 3.05) is 6.54 Å². The zero-order chi connectivity index (χ0) is 15.5. The third kappa shape index (κ3) is 4.36. The first-order chi connectivity index (χ1) is 9.16. The zero-order valence-electron chi connectivity index (χ0n) is 11.5. The van der Waals surface area contributed by atoms with Gasteiger partial charge in [-0.15, -0.1) is 0 Å². The van der Waals surface area contributed by atoms with Crippen LogP contribution in [0.25, 0.3) is 0 Å². The van der Waals surface area contributed by atoms with Crippen molar-refractivity contribution < 1.29 is 13.2 Å². The summed E-state index contributed by atoms with van der Waals surface area (Å²) in [5, 5.41) is 2.96. The molecule has 112 valence electrons. The van der Waals surface area contributed by atoms with Gasteiger partial charge in [-0.1, -0.05) is 31.9 Å². The van der Waals surface area contributed by atoms with Crippen LogP contribution in [0.15, 0.2) is 17.0 Å². The highest BCUT2D eigenvalue weighted by Crippen LogP contribution is 2.26. The first-order valence-corrected chi connectivity index (χ1v) is 8.88. The Bertz CT molecular complexity index is 614. The fraction of sp³-hybridized carbons (Fsp3) is 0.462. The van der Waals surface area contributed by atoms with Crippen LogP contribution in [-0.2, 0) is 9.05 Å². The summed E-state index contributed by atoms with van der Waals surface area (Å²) in [4.78, 5) is 11.9. The topological polar surface area (TPSA) is 63.2 Å². The largest absolute Gasteiger partial charge is 0.352 e. The van der Waals surface area contributed by atoms with E-state index in [0.717, 1.165) is 6.42 Å². The maximum atomic E-state index is 12.1. The third-order valence-corrected chi connectivity index (χ3v) is 4.88. The molecule has 0 saturated carbocycles. The predicted molar refractivity (Wildman–Crippen MR) is 81.0 cm³/mol. The molecule has 0 radical (unpaired) electrons. The van der Waals surface area contributed by atoms with Gasteiger partial charge >= 0.3 is 0 Å². The highest BCUT2D eigenvalue weighted by Gasteiger charge is 2.18. The molecule has 1 unspecified atom stereocenters. The molecule has 4 nitrogen and oxygen atoms in total. The van der Waals surface area contributed by atoms with Crippen LogP contribution in [0.5, 0.6) is 0 Å². The van der Waals surface area contributed by atoms with Gasteiger partial charge in [-0.2, -0.15) is 0 Å². The molecule has 0 aliphatic rings. The van der Waals surface area contributed by atoms with Crippen LogP contribution in [0.1, 0.15) is 36.2 Å². The van der Waals surface area contributed by atoms with E-state index in [4.69, 9.17) is 22.3 Å². The Morgan fingerprint density at radius 3 is 2.50 bits per heavy atom. The number of rotatable bonds is 5.